The van der Waals surface area contributed by atoms with Crippen molar-refractivity contribution in [3.8, 4) is 10.6 Å². The molecule has 21 heavy (non-hydrogen) atoms. The molecular weight excluding hydrogens is 334 g/mol. The fourth-order valence-corrected chi connectivity index (χ4v) is 2.25. The Hall–Kier alpha value is -1.74. The Labute approximate surface area is 124 Å². The molecule has 0 spiro atoms. The molecule has 2 aromatic rings. The van der Waals surface area contributed by atoms with Gasteiger partial charge in [0.15, 0.2) is 5.01 Å². The predicted octanol–water partition coefficient (Wildman–Crippen LogP) is 3.54. The van der Waals surface area contributed by atoms with Gasteiger partial charge in [-0.05, 0) is 18.2 Å². The van der Waals surface area contributed by atoms with Crippen molar-refractivity contribution >= 4 is 34.0 Å². The van der Waals surface area contributed by atoms with Crippen LogP contribution >= 0.6 is 22.9 Å². The van der Waals surface area contributed by atoms with Crippen LogP contribution in [0.2, 0.25) is 0 Å². The highest BCUT2D eigenvalue weighted by Crippen LogP contribution is 2.34. The van der Waals surface area contributed by atoms with Crippen LogP contribution < -0.4 is 5.32 Å². The molecule has 1 aromatic heterocycles. The lowest BCUT2D eigenvalue weighted by atomic mass is 10.1. The van der Waals surface area contributed by atoms with E-state index in [4.69, 9.17) is 11.6 Å². The molecule has 2 rings (SSSR count). The number of carbonyl (C=O) groups excluding carboxylic acids is 1. The highest BCUT2D eigenvalue weighted by molar-refractivity contribution is 7.18. The van der Waals surface area contributed by atoms with E-state index in [9.17, 15) is 22.4 Å². The maximum Gasteiger partial charge on any atom is 0.416 e. The van der Waals surface area contributed by atoms with Crippen molar-refractivity contribution in [3.05, 3.63) is 29.6 Å². The summed E-state index contributed by atoms with van der Waals surface area (Å²) < 4.78 is 51.0. The molecule has 112 valence electrons. The molecule has 0 aliphatic carbocycles. The number of hydrogen-bond donors (Lipinski definition) is 1. The van der Waals surface area contributed by atoms with Crippen LogP contribution in [0.4, 0.5) is 22.7 Å². The van der Waals surface area contributed by atoms with Gasteiger partial charge in [0.2, 0.25) is 11.0 Å². The molecule has 0 fully saturated rings. The van der Waals surface area contributed by atoms with Gasteiger partial charge in [0.25, 0.3) is 0 Å². The van der Waals surface area contributed by atoms with E-state index in [0.29, 0.717) is 6.07 Å². The van der Waals surface area contributed by atoms with Crippen LogP contribution in [0, 0.1) is 5.82 Å². The first kappa shape index (κ1) is 15.6. The van der Waals surface area contributed by atoms with Crippen LogP contribution in [0.5, 0.6) is 0 Å². The molecule has 0 unspecified atom stereocenters. The first-order chi connectivity index (χ1) is 9.81. The van der Waals surface area contributed by atoms with E-state index in [1.54, 1.807) is 0 Å². The molecule has 1 amide bonds. The van der Waals surface area contributed by atoms with Gasteiger partial charge in [-0.3, -0.25) is 10.1 Å². The summed E-state index contributed by atoms with van der Waals surface area (Å²) in [6.45, 7) is 0. The number of rotatable bonds is 3. The van der Waals surface area contributed by atoms with Gasteiger partial charge in [-0.1, -0.05) is 11.3 Å². The number of aromatic nitrogens is 2. The lowest BCUT2D eigenvalue weighted by Crippen LogP contribution is -2.12. The standard InChI is InChI=1S/C11H6ClF4N3OS/c12-4-8(20)17-10-19-18-9(21-10)6-2-1-5(3-7(6)13)11(14,15)16/h1-3H,4H2,(H,17,19,20). The molecule has 0 bridgehead atoms. The van der Waals surface area contributed by atoms with Gasteiger partial charge in [-0.25, -0.2) is 4.39 Å². The van der Waals surface area contributed by atoms with Crippen LogP contribution in [0.15, 0.2) is 18.2 Å². The Morgan fingerprint density at radius 3 is 2.62 bits per heavy atom. The summed E-state index contributed by atoms with van der Waals surface area (Å²) in [4.78, 5) is 11.0. The summed E-state index contributed by atoms with van der Waals surface area (Å²) in [5, 5.41) is 9.63. The Kier molecular flexibility index (Phi) is 4.43. The molecule has 0 aliphatic rings. The lowest BCUT2D eigenvalue weighted by Gasteiger charge is -2.07. The maximum atomic E-state index is 13.7. The first-order valence-corrected chi connectivity index (χ1v) is 6.73. The normalized spacial score (nSPS) is 11.5. The quantitative estimate of drug-likeness (QED) is 0.687. The number of hydrogen-bond acceptors (Lipinski definition) is 4. The third-order valence-corrected chi connectivity index (χ3v) is 3.43. The number of anilines is 1. The van der Waals surface area contributed by atoms with E-state index in [-0.39, 0.29) is 21.6 Å². The van der Waals surface area contributed by atoms with Gasteiger partial charge >= 0.3 is 6.18 Å². The number of amides is 1. The molecule has 4 nitrogen and oxygen atoms in total. The Morgan fingerprint density at radius 2 is 2.05 bits per heavy atom. The van der Waals surface area contributed by atoms with E-state index in [2.05, 4.69) is 15.5 Å². The fourth-order valence-electron chi connectivity index (χ4n) is 1.40. The molecule has 1 N–H and O–H groups in total. The van der Waals surface area contributed by atoms with Crippen LogP contribution in [0.1, 0.15) is 5.56 Å². The Bertz CT molecular complexity index is 674. The minimum Gasteiger partial charge on any atom is -0.299 e. The largest absolute Gasteiger partial charge is 0.416 e. The van der Waals surface area contributed by atoms with Crippen LogP contribution in [0.3, 0.4) is 0 Å². The molecule has 0 saturated heterocycles. The second-order valence-electron chi connectivity index (χ2n) is 3.79. The molecule has 0 atom stereocenters. The zero-order chi connectivity index (χ0) is 15.6. The van der Waals surface area contributed by atoms with Crippen molar-refractivity contribution in [3.63, 3.8) is 0 Å². The van der Waals surface area contributed by atoms with E-state index in [0.717, 1.165) is 23.5 Å². The summed E-state index contributed by atoms with van der Waals surface area (Å²) in [6.07, 6.45) is -4.63. The lowest BCUT2D eigenvalue weighted by molar-refractivity contribution is -0.137. The van der Waals surface area contributed by atoms with Crippen LogP contribution in [0.25, 0.3) is 10.6 Å². The Balaban J connectivity index is 2.29. The van der Waals surface area contributed by atoms with Gasteiger partial charge in [0.1, 0.15) is 11.7 Å². The van der Waals surface area contributed by atoms with E-state index < -0.39 is 23.5 Å². The van der Waals surface area contributed by atoms with E-state index >= 15 is 0 Å². The topological polar surface area (TPSA) is 54.9 Å². The summed E-state index contributed by atoms with van der Waals surface area (Å²) in [5.74, 6) is -1.88. The zero-order valence-electron chi connectivity index (χ0n) is 10.0. The highest BCUT2D eigenvalue weighted by atomic mass is 35.5. The molecule has 0 aliphatic heterocycles. The molecular formula is C11H6ClF4N3OS. The first-order valence-electron chi connectivity index (χ1n) is 5.37. The van der Waals surface area contributed by atoms with Crippen molar-refractivity contribution in [1.82, 2.24) is 10.2 Å². The zero-order valence-corrected chi connectivity index (χ0v) is 11.6. The van der Waals surface area contributed by atoms with Gasteiger partial charge < -0.3 is 0 Å². The summed E-state index contributed by atoms with van der Waals surface area (Å²) in [7, 11) is 0. The third-order valence-electron chi connectivity index (χ3n) is 2.32. The average Bonchev–Trinajstić information content (AvgIpc) is 2.85. The number of benzene rings is 1. The number of nitrogens with zero attached hydrogens (tertiary/aromatic N) is 2. The van der Waals surface area contributed by atoms with Crippen LogP contribution in [-0.4, -0.2) is 22.0 Å². The SMILES string of the molecule is O=C(CCl)Nc1nnc(-c2ccc(C(F)(F)F)cc2F)s1. The van der Waals surface area contributed by atoms with Crippen molar-refractivity contribution < 1.29 is 22.4 Å². The van der Waals surface area contributed by atoms with Crippen LogP contribution in [-0.2, 0) is 11.0 Å². The fraction of sp³-hybridized carbons (Fsp3) is 0.182. The third kappa shape index (κ3) is 3.67. The van der Waals surface area contributed by atoms with Crippen molar-refractivity contribution in [2.24, 2.45) is 0 Å². The van der Waals surface area contributed by atoms with Crippen molar-refractivity contribution in [2.45, 2.75) is 6.18 Å². The number of nitrogens with one attached hydrogen (secondary N) is 1. The smallest absolute Gasteiger partial charge is 0.299 e. The molecule has 0 saturated carbocycles. The molecule has 10 heteroatoms. The minimum absolute atomic E-state index is 0.0473. The molecule has 0 radical (unpaired) electrons. The van der Waals surface area contributed by atoms with Crippen molar-refractivity contribution in [2.75, 3.05) is 11.2 Å². The highest BCUT2D eigenvalue weighted by Gasteiger charge is 2.31. The number of alkyl halides is 4. The average molecular weight is 340 g/mol. The summed E-state index contributed by atoms with van der Waals surface area (Å²) in [6, 6.07) is 2.09. The summed E-state index contributed by atoms with van der Waals surface area (Å²) in [5.41, 5.74) is -1.23. The number of halogens is 5. The second kappa shape index (κ2) is 5.94. The van der Waals surface area contributed by atoms with Gasteiger partial charge in [0, 0.05) is 5.56 Å². The van der Waals surface area contributed by atoms with Crippen molar-refractivity contribution in [1.29, 1.82) is 0 Å². The molecule has 1 aromatic carbocycles. The molecule has 1 heterocycles. The minimum atomic E-state index is -4.63. The van der Waals surface area contributed by atoms with Gasteiger partial charge in [0.05, 0.1) is 5.56 Å². The predicted molar refractivity (Wildman–Crippen MR) is 69.7 cm³/mol. The maximum absolute atomic E-state index is 13.7. The monoisotopic (exact) mass is 339 g/mol. The number of carbonyl (C=O) groups is 1. The second-order valence-corrected chi connectivity index (χ2v) is 5.03. The van der Waals surface area contributed by atoms with E-state index in [1.807, 2.05) is 0 Å². The summed E-state index contributed by atoms with van der Waals surface area (Å²) >= 11 is 6.11. The van der Waals surface area contributed by atoms with Gasteiger partial charge in [-0.15, -0.1) is 21.8 Å². The van der Waals surface area contributed by atoms with E-state index in [1.165, 1.54) is 0 Å². The Morgan fingerprint density at radius 1 is 1.33 bits per heavy atom. The van der Waals surface area contributed by atoms with Gasteiger partial charge in [-0.2, -0.15) is 13.2 Å².